The van der Waals surface area contributed by atoms with E-state index in [9.17, 15) is 13.2 Å². The van der Waals surface area contributed by atoms with E-state index in [1.54, 1.807) is 4.90 Å². The average molecular weight is 298 g/mol. The van der Waals surface area contributed by atoms with Gasteiger partial charge >= 0.3 is 0 Å². The van der Waals surface area contributed by atoms with E-state index in [4.69, 9.17) is 5.73 Å². The fourth-order valence-electron chi connectivity index (χ4n) is 1.96. The number of nitrogens with zero attached hydrogens (tertiary/aromatic N) is 1. The van der Waals surface area contributed by atoms with Crippen LogP contribution in [0.25, 0.3) is 0 Å². The summed E-state index contributed by atoms with van der Waals surface area (Å²) < 4.78 is 23.2. The van der Waals surface area contributed by atoms with Gasteiger partial charge in [0.1, 0.15) is 0 Å². The fourth-order valence-corrected chi connectivity index (χ4v) is 2.65. The highest BCUT2D eigenvalue weighted by Gasteiger charge is 2.20. The summed E-state index contributed by atoms with van der Waals surface area (Å²) in [4.78, 5) is 14.3. The molecule has 1 aromatic carbocycles. The maximum absolute atomic E-state index is 12.5. The lowest BCUT2D eigenvalue weighted by Gasteiger charge is -2.26. The topological polar surface area (TPSA) is 80.5 Å². The second-order valence-electron chi connectivity index (χ2n) is 5.16. The van der Waals surface area contributed by atoms with Crippen molar-refractivity contribution in [1.82, 2.24) is 4.90 Å². The maximum Gasteiger partial charge on any atom is 0.254 e. The molecule has 0 heterocycles. The fraction of sp³-hybridized carbons (Fsp3) is 0.500. The molecule has 0 radical (unpaired) electrons. The highest BCUT2D eigenvalue weighted by molar-refractivity contribution is 7.90. The Labute approximate surface area is 120 Å². The van der Waals surface area contributed by atoms with Crippen LogP contribution in [0.4, 0.5) is 5.69 Å². The molecule has 20 heavy (non-hydrogen) atoms. The molecule has 6 heteroatoms. The second-order valence-corrected chi connectivity index (χ2v) is 7.17. The number of hydrogen-bond acceptors (Lipinski definition) is 4. The summed E-state index contributed by atoms with van der Waals surface area (Å²) in [6.45, 7) is 6.47. The molecular weight excluding hydrogens is 276 g/mol. The molecule has 112 valence electrons. The van der Waals surface area contributed by atoms with E-state index in [1.807, 2.05) is 20.8 Å². The van der Waals surface area contributed by atoms with Gasteiger partial charge in [-0.2, -0.15) is 0 Å². The second kappa shape index (κ2) is 6.26. The van der Waals surface area contributed by atoms with E-state index >= 15 is 0 Å². The molecule has 2 N–H and O–H groups in total. The molecule has 0 fully saturated rings. The largest absolute Gasteiger partial charge is 0.399 e. The third-order valence-corrected chi connectivity index (χ3v) is 4.04. The van der Waals surface area contributed by atoms with Gasteiger partial charge in [0.05, 0.1) is 4.90 Å². The van der Waals surface area contributed by atoms with Crippen molar-refractivity contribution in [2.45, 2.75) is 38.1 Å². The summed E-state index contributed by atoms with van der Waals surface area (Å²) in [7, 11) is -3.39. The van der Waals surface area contributed by atoms with Crippen LogP contribution in [0.15, 0.2) is 23.1 Å². The molecule has 5 nitrogen and oxygen atoms in total. The van der Waals surface area contributed by atoms with Crippen molar-refractivity contribution in [1.29, 1.82) is 0 Å². The summed E-state index contributed by atoms with van der Waals surface area (Å²) in [5, 5.41) is 0. The van der Waals surface area contributed by atoms with Crippen LogP contribution in [0.3, 0.4) is 0 Å². The van der Waals surface area contributed by atoms with Crippen LogP contribution in [-0.4, -0.2) is 38.1 Å². The average Bonchev–Trinajstić information content (AvgIpc) is 2.33. The smallest absolute Gasteiger partial charge is 0.254 e. The number of anilines is 1. The Morgan fingerprint density at radius 2 is 1.90 bits per heavy atom. The van der Waals surface area contributed by atoms with Gasteiger partial charge in [-0.25, -0.2) is 8.42 Å². The first-order valence-corrected chi connectivity index (χ1v) is 8.47. The number of nitrogen functional groups attached to an aromatic ring is 1. The van der Waals surface area contributed by atoms with Gasteiger partial charge in [-0.3, -0.25) is 4.79 Å². The molecule has 0 bridgehead atoms. The van der Waals surface area contributed by atoms with Gasteiger partial charge < -0.3 is 10.6 Å². The van der Waals surface area contributed by atoms with Crippen molar-refractivity contribution in [2.75, 3.05) is 18.5 Å². The van der Waals surface area contributed by atoms with Crippen LogP contribution in [0.1, 0.15) is 37.6 Å². The van der Waals surface area contributed by atoms with E-state index in [0.29, 0.717) is 12.1 Å². The molecule has 0 spiro atoms. The lowest BCUT2D eigenvalue weighted by Crippen LogP contribution is -2.37. The van der Waals surface area contributed by atoms with Crippen molar-refractivity contribution in [2.24, 2.45) is 0 Å². The van der Waals surface area contributed by atoms with Gasteiger partial charge in [0.15, 0.2) is 9.84 Å². The quantitative estimate of drug-likeness (QED) is 0.842. The van der Waals surface area contributed by atoms with Crippen LogP contribution in [-0.2, 0) is 9.84 Å². The summed E-state index contributed by atoms with van der Waals surface area (Å²) in [5.41, 5.74) is 6.30. The first-order chi connectivity index (χ1) is 9.16. The highest BCUT2D eigenvalue weighted by atomic mass is 32.2. The van der Waals surface area contributed by atoms with Crippen LogP contribution in [0.5, 0.6) is 0 Å². The lowest BCUT2D eigenvalue weighted by atomic mass is 10.1. The Hall–Kier alpha value is -1.56. The number of benzene rings is 1. The Morgan fingerprint density at radius 3 is 2.35 bits per heavy atom. The number of carbonyl (C=O) groups is 1. The minimum absolute atomic E-state index is 0.0468. The highest BCUT2D eigenvalue weighted by Crippen LogP contribution is 2.19. The summed E-state index contributed by atoms with van der Waals surface area (Å²) in [6.07, 6.45) is 1.94. The molecule has 0 aliphatic carbocycles. The van der Waals surface area contributed by atoms with Gasteiger partial charge in [-0.15, -0.1) is 0 Å². The minimum Gasteiger partial charge on any atom is -0.399 e. The molecule has 0 atom stereocenters. The van der Waals surface area contributed by atoms with Gasteiger partial charge in [0.25, 0.3) is 5.91 Å². The third kappa shape index (κ3) is 3.96. The monoisotopic (exact) mass is 298 g/mol. The summed E-state index contributed by atoms with van der Waals surface area (Å²) in [6, 6.07) is 4.32. The third-order valence-electron chi connectivity index (χ3n) is 2.95. The maximum atomic E-state index is 12.5. The molecule has 1 amide bonds. The SMILES string of the molecule is CCCN(C(=O)c1cc(N)cc(S(C)(=O)=O)c1)C(C)C. The first-order valence-electron chi connectivity index (χ1n) is 6.58. The van der Waals surface area contributed by atoms with Gasteiger partial charge in [-0.1, -0.05) is 6.92 Å². The Morgan fingerprint density at radius 1 is 1.30 bits per heavy atom. The lowest BCUT2D eigenvalue weighted by molar-refractivity contribution is 0.0705. The number of amides is 1. The van der Waals surface area contributed by atoms with Gasteiger partial charge in [0, 0.05) is 30.1 Å². The molecule has 0 aromatic heterocycles. The summed E-state index contributed by atoms with van der Waals surface area (Å²) >= 11 is 0. The van der Waals surface area contributed by atoms with Crippen molar-refractivity contribution in [3.63, 3.8) is 0 Å². The zero-order valence-corrected chi connectivity index (χ0v) is 13.2. The number of nitrogens with two attached hydrogens (primary N) is 1. The van der Waals surface area contributed by atoms with E-state index < -0.39 is 9.84 Å². The minimum atomic E-state index is -3.39. The number of sulfone groups is 1. The van der Waals surface area contributed by atoms with E-state index in [0.717, 1.165) is 12.7 Å². The molecular formula is C14H22N2O3S. The first kappa shape index (κ1) is 16.5. The zero-order chi connectivity index (χ0) is 15.5. The van der Waals surface area contributed by atoms with E-state index in [-0.39, 0.29) is 22.5 Å². The Bertz CT molecular complexity index is 594. The molecule has 1 rings (SSSR count). The predicted octanol–water partition coefficient (Wildman–Crippen LogP) is 1.93. The number of hydrogen-bond donors (Lipinski definition) is 1. The van der Waals surface area contributed by atoms with Crippen molar-refractivity contribution >= 4 is 21.4 Å². The predicted molar refractivity (Wildman–Crippen MR) is 80.4 cm³/mol. The molecule has 0 saturated carbocycles. The molecule has 1 aromatic rings. The Balaban J connectivity index is 3.25. The molecule has 0 saturated heterocycles. The van der Waals surface area contributed by atoms with Crippen LogP contribution in [0, 0.1) is 0 Å². The molecule has 0 aliphatic heterocycles. The van der Waals surface area contributed by atoms with Crippen molar-refractivity contribution in [3.05, 3.63) is 23.8 Å². The Kier molecular flexibility index (Phi) is 5.16. The van der Waals surface area contributed by atoms with Crippen molar-refractivity contribution < 1.29 is 13.2 Å². The molecule has 0 aliphatic rings. The van der Waals surface area contributed by atoms with E-state index in [2.05, 4.69) is 0 Å². The normalized spacial score (nSPS) is 11.7. The zero-order valence-electron chi connectivity index (χ0n) is 12.4. The summed E-state index contributed by atoms with van der Waals surface area (Å²) in [5.74, 6) is -0.195. The standard InChI is InChI=1S/C14H22N2O3S/c1-5-6-16(10(2)3)14(17)11-7-12(15)9-13(8-11)20(4,18)19/h7-10H,5-6,15H2,1-4H3. The van der Waals surface area contributed by atoms with E-state index in [1.165, 1.54) is 18.2 Å². The van der Waals surface area contributed by atoms with Crippen LogP contribution < -0.4 is 5.73 Å². The van der Waals surface area contributed by atoms with Gasteiger partial charge in [-0.05, 0) is 38.5 Å². The number of rotatable bonds is 5. The van der Waals surface area contributed by atoms with Crippen LogP contribution in [0.2, 0.25) is 0 Å². The van der Waals surface area contributed by atoms with Gasteiger partial charge in [0.2, 0.25) is 0 Å². The number of carbonyl (C=O) groups excluding carboxylic acids is 1. The molecule has 0 unspecified atom stereocenters. The van der Waals surface area contributed by atoms with Crippen molar-refractivity contribution in [3.8, 4) is 0 Å². The van der Waals surface area contributed by atoms with Crippen LogP contribution >= 0.6 is 0 Å².